The number of nitro groups is 1. The van der Waals surface area contributed by atoms with Crippen LogP contribution in [0.5, 0.6) is 0 Å². The highest BCUT2D eigenvalue weighted by Gasteiger charge is 2.17. The zero-order chi connectivity index (χ0) is 12.1. The van der Waals surface area contributed by atoms with E-state index in [0.29, 0.717) is 17.5 Å². The Kier molecular flexibility index (Phi) is 3.58. The third-order valence-corrected chi connectivity index (χ3v) is 2.27. The van der Waals surface area contributed by atoms with Crippen LogP contribution in [0.2, 0.25) is 0 Å². The van der Waals surface area contributed by atoms with Crippen LogP contribution in [0.25, 0.3) is 0 Å². The molecule has 0 saturated carbocycles. The second-order valence-corrected chi connectivity index (χ2v) is 3.20. The van der Waals surface area contributed by atoms with E-state index in [1.165, 1.54) is 6.07 Å². The van der Waals surface area contributed by atoms with Gasteiger partial charge in [-0.15, -0.1) is 0 Å². The number of nitro benzene ring substituents is 1. The number of nitriles is 2. The van der Waals surface area contributed by atoms with Crippen LogP contribution >= 0.6 is 0 Å². The number of nitrogens with zero attached hydrogens (tertiary/aromatic N) is 3. The summed E-state index contributed by atoms with van der Waals surface area (Å²) in [5, 5.41) is 28.2. The smallest absolute Gasteiger partial charge is 0.258 e. The van der Waals surface area contributed by atoms with Gasteiger partial charge in [0.25, 0.3) is 5.69 Å². The number of aryl methyl sites for hydroxylation is 1. The van der Waals surface area contributed by atoms with Gasteiger partial charge in [0.1, 0.15) is 0 Å². The lowest BCUT2D eigenvalue weighted by atomic mass is 9.99. The molecule has 0 aliphatic rings. The summed E-state index contributed by atoms with van der Waals surface area (Å²) in [6, 6.07) is 6.62. The maximum absolute atomic E-state index is 10.8. The summed E-state index contributed by atoms with van der Waals surface area (Å²) in [4.78, 5) is 10.2. The molecule has 0 radical (unpaired) electrons. The minimum absolute atomic E-state index is 0.0188. The van der Waals surface area contributed by atoms with Gasteiger partial charge in [-0.05, 0) is 18.1 Å². The molecule has 0 saturated heterocycles. The Morgan fingerprint density at radius 3 is 2.50 bits per heavy atom. The van der Waals surface area contributed by atoms with Crippen molar-refractivity contribution in [2.45, 2.75) is 19.8 Å². The predicted octanol–water partition coefficient (Wildman–Crippen LogP) is 2.09. The van der Waals surface area contributed by atoms with Gasteiger partial charge in [0.2, 0.25) is 0 Å². The Bertz CT molecular complexity index is 509. The monoisotopic (exact) mass is 215 g/mol. The molecule has 0 amide bonds. The minimum Gasteiger partial charge on any atom is -0.258 e. The molecule has 0 aliphatic carbocycles. The van der Waals surface area contributed by atoms with Crippen molar-refractivity contribution in [1.29, 1.82) is 10.5 Å². The normalized spacial score (nSPS) is 9.19. The van der Waals surface area contributed by atoms with E-state index in [9.17, 15) is 10.1 Å². The van der Waals surface area contributed by atoms with Crippen molar-refractivity contribution in [3.63, 3.8) is 0 Å². The van der Waals surface area contributed by atoms with Gasteiger partial charge in [0.05, 0.1) is 29.0 Å². The summed E-state index contributed by atoms with van der Waals surface area (Å²) in [6.07, 6.45) is 0.592. The number of hydrogen-bond acceptors (Lipinski definition) is 4. The van der Waals surface area contributed by atoms with Crippen LogP contribution in [0.3, 0.4) is 0 Å². The third-order valence-electron chi connectivity index (χ3n) is 2.27. The lowest BCUT2D eigenvalue weighted by Gasteiger charge is -2.04. The van der Waals surface area contributed by atoms with Gasteiger partial charge in [-0.3, -0.25) is 10.1 Å². The Balaban J connectivity index is 3.44. The second kappa shape index (κ2) is 4.90. The molecule has 1 aromatic carbocycles. The molecule has 0 aliphatic heterocycles. The molecule has 1 rings (SSSR count). The summed E-state index contributed by atoms with van der Waals surface area (Å²) in [5.74, 6) is 0. The Morgan fingerprint density at radius 2 is 2.06 bits per heavy atom. The van der Waals surface area contributed by atoms with Crippen molar-refractivity contribution in [2.75, 3.05) is 0 Å². The van der Waals surface area contributed by atoms with Crippen LogP contribution in [0.1, 0.15) is 23.6 Å². The molecular formula is C11H9N3O2. The molecule has 0 N–H and O–H groups in total. The average Bonchev–Trinajstić information content (AvgIpc) is 2.28. The Hall–Kier alpha value is -2.40. The van der Waals surface area contributed by atoms with E-state index in [4.69, 9.17) is 10.5 Å². The van der Waals surface area contributed by atoms with E-state index in [0.717, 1.165) is 5.56 Å². The number of benzene rings is 1. The molecule has 0 heterocycles. The zero-order valence-electron chi connectivity index (χ0n) is 8.73. The van der Waals surface area contributed by atoms with Crippen LogP contribution < -0.4 is 0 Å². The second-order valence-electron chi connectivity index (χ2n) is 3.20. The van der Waals surface area contributed by atoms with Crippen LogP contribution in [-0.4, -0.2) is 4.92 Å². The first-order valence-electron chi connectivity index (χ1n) is 4.71. The third kappa shape index (κ3) is 2.15. The largest absolute Gasteiger partial charge is 0.274 e. The number of hydrogen-bond donors (Lipinski definition) is 0. The van der Waals surface area contributed by atoms with E-state index in [2.05, 4.69) is 0 Å². The van der Waals surface area contributed by atoms with Crippen LogP contribution in [0.15, 0.2) is 12.1 Å². The summed E-state index contributed by atoms with van der Waals surface area (Å²) < 4.78 is 0. The molecule has 16 heavy (non-hydrogen) atoms. The fraction of sp³-hybridized carbons (Fsp3) is 0.273. The molecule has 0 spiro atoms. The first-order chi connectivity index (χ1) is 7.63. The summed E-state index contributed by atoms with van der Waals surface area (Å²) in [5.41, 5.74) is 1.24. The fourth-order valence-electron chi connectivity index (χ4n) is 1.48. The Morgan fingerprint density at radius 1 is 1.38 bits per heavy atom. The number of rotatable bonds is 3. The molecule has 5 heteroatoms. The maximum Gasteiger partial charge on any atom is 0.274 e. The van der Waals surface area contributed by atoms with Crippen LogP contribution in [0.4, 0.5) is 5.69 Å². The van der Waals surface area contributed by atoms with Gasteiger partial charge in [-0.2, -0.15) is 10.5 Å². The zero-order valence-corrected chi connectivity index (χ0v) is 8.73. The van der Waals surface area contributed by atoms with Crippen molar-refractivity contribution < 1.29 is 4.92 Å². The van der Waals surface area contributed by atoms with Crippen molar-refractivity contribution >= 4 is 5.69 Å². The molecule has 0 fully saturated rings. The van der Waals surface area contributed by atoms with Gasteiger partial charge in [0, 0.05) is 11.6 Å². The first kappa shape index (κ1) is 11.7. The maximum atomic E-state index is 10.8. The molecule has 0 unspecified atom stereocenters. The van der Waals surface area contributed by atoms with Gasteiger partial charge in [0.15, 0.2) is 0 Å². The lowest BCUT2D eigenvalue weighted by Crippen LogP contribution is -1.99. The van der Waals surface area contributed by atoms with Crippen molar-refractivity contribution in [1.82, 2.24) is 0 Å². The van der Waals surface area contributed by atoms with Crippen LogP contribution in [-0.2, 0) is 12.8 Å². The fourth-order valence-corrected chi connectivity index (χ4v) is 1.48. The Labute approximate surface area is 92.7 Å². The molecule has 80 valence electrons. The van der Waals surface area contributed by atoms with Crippen LogP contribution in [0, 0.1) is 32.8 Å². The quantitative estimate of drug-likeness (QED) is 0.570. The van der Waals surface area contributed by atoms with Gasteiger partial charge in [-0.1, -0.05) is 6.92 Å². The van der Waals surface area contributed by atoms with Gasteiger partial charge >= 0.3 is 0 Å². The molecule has 0 bridgehead atoms. The van der Waals surface area contributed by atoms with Gasteiger partial charge in [-0.25, -0.2) is 0 Å². The van der Waals surface area contributed by atoms with Crippen molar-refractivity contribution in [3.8, 4) is 12.1 Å². The molecule has 0 aromatic heterocycles. The SMILES string of the molecule is CCc1cc(CC#N)c([N+](=O)[O-])cc1C#N. The summed E-state index contributed by atoms with van der Waals surface area (Å²) in [6.45, 7) is 1.86. The predicted molar refractivity (Wildman–Crippen MR) is 56.5 cm³/mol. The highest BCUT2D eigenvalue weighted by Crippen LogP contribution is 2.24. The molecule has 1 aromatic rings. The van der Waals surface area contributed by atoms with Gasteiger partial charge < -0.3 is 0 Å². The molecule has 0 atom stereocenters. The average molecular weight is 215 g/mol. The van der Waals surface area contributed by atoms with E-state index in [-0.39, 0.29) is 12.1 Å². The van der Waals surface area contributed by atoms with Crippen molar-refractivity contribution in [3.05, 3.63) is 38.9 Å². The lowest BCUT2D eigenvalue weighted by molar-refractivity contribution is -0.385. The van der Waals surface area contributed by atoms with E-state index in [1.807, 2.05) is 19.1 Å². The van der Waals surface area contributed by atoms with E-state index >= 15 is 0 Å². The standard InChI is InChI=1S/C11H9N3O2/c1-2-8-5-9(3-4-12)11(14(15)16)6-10(8)7-13/h5-6H,2-3H2,1H3. The first-order valence-corrected chi connectivity index (χ1v) is 4.71. The summed E-state index contributed by atoms with van der Waals surface area (Å²) >= 11 is 0. The highest BCUT2D eigenvalue weighted by atomic mass is 16.6. The highest BCUT2D eigenvalue weighted by molar-refractivity contribution is 5.52. The minimum atomic E-state index is -0.563. The van der Waals surface area contributed by atoms with E-state index in [1.54, 1.807) is 6.07 Å². The summed E-state index contributed by atoms with van der Waals surface area (Å²) in [7, 11) is 0. The van der Waals surface area contributed by atoms with E-state index < -0.39 is 4.92 Å². The van der Waals surface area contributed by atoms with Crippen molar-refractivity contribution in [2.24, 2.45) is 0 Å². The molecule has 5 nitrogen and oxygen atoms in total. The topological polar surface area (TPSA) is 90.7 Å². The molecular weight excluding hydrogens is 206 g/mol.